The fraction of sp³-hybridized carbons (Fsp3) is 0.194. The Kier molecular flexibility index (Phi) is 8.63. The lowest BCUT2D eigenvalue weighted by Crippen LogP contribution is -2.52. The number of fused-ring (bicyclic) bond motifs is 1. The van der Waals surface area contributed by atoms with E-state index in [0.717, 1.165) is 14.5 Å². The van der Waals surface area contributed by atoms with Crippen molar-refractivity contribution in [2.75, 3.05) is 6.54 Å². The molecule has 214 valence electrons. The average molecular weight is 670 g/mol. The average Bonchev–Trinajstić information content (AvgIpc) is 3.23. The maximum Gasteiger partial charge on any atom is 0.343 e. The lowest BCUT2D eigenvalue weighted by molar-refractivity contribution is -0.154. The predicted octanol–water partition coefficient (Wildman–Crippen LogP) is 6.41. The van der Waals surface area contributed by atoms with Crippen molar-refractivity contribution in [1.29, 1.82) is 0 Å². The number of allylic oxidation sites excluding steroid dienone is 2. The number of esters is 1. The van der Waals surface area contributed by atoms with E-state index in [1.807, 2.05) is 19.1 Å². The quantitative estimate of drug-likeness (QED) is 0.0947. The summed E-state index contributed by atoms with van der Waals surface area (Å²) in [6.45, 7) is 1.24. The van der Waals surface area contributed by atoms with E-state index in [0.29, 0.717) is 12.0 Å². The van der Waals surface area contributed by atoms with Crippen molar-refractivity contribution < 1.29 is 28.7 Å². The van der Waals surface area contributed by atoms with Gasteiger partial charge in [-0.1, -0.05) is 58.2 Å². The Hall–Kier alpha value is -3.79. The van der Waals surface area contributed by atoms with E-state index in [4.69, 9.17) is 27.9 Å². The van der Waals surface area contributed by atoms with Crippen LogP contribution in [0, 0.1) is 17.8 Å². The highest BCUT2D eigenvalue weighted by Crippen LogP contribution is 2.39. The smallest absolute Gasteiger partial charge is 0.343 e. The Morgan fingerprint density at radius 1 is 0.905 bits per heavy atom. The minimum Gasteiger partial charge on any atom is -0.423 e. The van der Waals surface area contributed by atoms with E-state index < -0.39 is 47.9 Å². The van der Waals surface area contributed by atoms with E-state index >= 15 is 0 Å². The Labute approximate surface area is 259 Å². The van der Waals surface area contributed by atoms with Gasteiger partial charge in [0, 0.05) is 15.6 Å². The normalized spacial score (nSPS) is 19.4. The van der Waals surface area contributed by atoms with E-state index in [1.54, 1.807) is 24.3 Å². The molecule has 11 heteroatoms. The maximum absolute atomic E-state index is 13.7. The number of carbonyl (C=O) groups is 5. The van der Waals surface area contributed by atoms with Crippen LogP contribution in [0.3, 0.4) is 0 Å². The van der Waals surface area contributed by atoms with Crippen LogP contribution >= 0.6 is 39.1 Å². The van der Waals surface area contributed by atoms with Gasteiger partial charge in [0.25, 0.3) is 17.7 Å². The molecule has 3 aromatic carbocycles. The van der Waals surface area contributed by atoms with Gasteiger partial charge in [0.15, 0.2) is 5.78 Å². The third kappa shape index (κ3) is 5.90. The summed E-state index contributed by atoms with van der Waals surface area (Å²) in [5, 5.41) is 2.00. The first-order valence-corrected chi connectivity index (χ1v) is 14.5. The topological polar surface area (TPSA) is 101 Å². The van der Waals surface area contributed by atoms with E-state index in [1.165, 1.54) is 42.5 Å². The van der Waals surface area contributed by atoms with Gasteiger partial charge in [0.05, 0.1) is 27.4 Å². The third-order valence-electron chi connectivity index (χ3n) is 7.25. The molecule has 0 N–H and O–H groups in total. The standard InChI is InChI=1S/C31H23BrCl2N2O6/c1-17-3-2-4-23-27(17)30(40)36(29(23)39)35(28(38)20-9-14-24(33)25(34)15-20)16-26(37)18-7-12-22(13-8-18)42-31(41)19-5-10-21(32)11-6-19/h2-3,5-15,17,23,27H,4,16H2,1H3/t17-,23-,27+/m1/s1. The van der Waals surface area contributed by atoms with E-state index in [9.17, 15) is 24.0 Å². The molecule has 1 heterocycles. The fourth-order valence-corrected chi connectivity index (χ4v) is 5.63. The zero-order valence-electron chi connectivity index (χ0n) is 22.1. The number of ether oxygens (including phenoxy) is 1. The van der Waals surface area contributed by atoms with Crippen molar-refractivity contribution in [2.24, 2.45) is 17.8 Å². The number of nitrogens with zero attached hydrogens (tertiary/aromatic N) is 2. The second-order valence-corrected chi connectivity index (χ2v) is 11.7. The molecule has 8 nitrogen and oxygen atoms in total. The zero-order chi connectivity index (χ0) is 30.1. The highest BCUT2D eigenvalue weighted by atomic mass is 79.9. The SMILES string of the molecule is C[C@@H]1C=CC[C@H]2C(=O)N(N(CC(=O)c3ccc(OC(=O)c4ccc(Br)cc4)cc3)C(=O)c3ccc(Cl)c(Cl)c3)C(=O)[C@@H]12. The van der Waals surface area contributed by atoms with Crippen LogP contribution in [0.15, 0.2) is 83.4 Å². The summed E-state index contributed by atoms with van der Waals surface area (Å²) in [6.07, 6.45) is 4.08. The first-order chi connectivity index (χ1) is 20.0. The Morgan fingerprint density at radius 3 is 2.19 bits per heavy atom. The lowest BCUT2D eigenvalue weighted by atomic mass is 9.78. The molecular weight excluding hydrogens is 647 g/mol. The summed E-state index contributed by atoms with van der Waals surface area (Å²) in [4.78, 5) is 66.6. The number of hydrogen-bond acceptors (Lipinski definition) is 6. The van der Waals surface area contributed by atoms with Gasteiger partial charge in [-0.05, 0) is 79.1 Å². The summed E-state index contributed by atoms with van der Waals surface area (Å²) >= 11 is 15.5. The Balaban J connectivity index is 1.39. The van der Waals surface area contributed by atoms with Gasteiger partial charge in [0.2, 0.25) is 0 Å². The number of benzene rings is 3. The number of hydrazine groups is 1. The number of halogens is 3. The van der Waals surface area contributed by atoms with Crippen molar-refractivity contribution in [3.8, 4) is 5.75 Å². The molecule has 0 radical (unpaired) electrons. The number of rotatable bonds is 7. The Bertz CT molecular complexity index is 1620. The second kappa shape index (κ2) is 12.2. The van der Waals surface area contributed by atoms with Gasteiger partial charge in [0.1, 0.15) is 12.3 Å². The first-order valence-electron chi connectivity index (χ1n) is 13.0. The molecule has 1 fully saturated rings. The molecule has 2 aliphatic rings. The lowest BCUT2D eigenvalue weighted by Gasteiger charge is -2.30. The van der Waals surface area contributed by atoms with Gasteiger partial charge in [-0.3, -0.25) is 19.2 Å². The largest absolute Gasteiger partial charge is 0.423 e. The maximum atomic E-state index is 13.7. The number of Topliss-reactive ketones (excluding diaryl/α,β-unsaturated/α-hetero) is 1. The molecule has 1 saturated heterocycles. The van der Waals surface area contributed by atoms with Crippen molar-refractivity contribution >= 4 is 68.6 Å². The van der Waals surface area contributed by atoms with E-state index in [-0.39, 0.29) is 32.8 Å². The molecule has 0 aromatic heterocycles. The molecule has 0 saturated carbocycles. The third-order valence-corrected chi connectivity index (χ3v) is 8.52. The summed E-state index contributed by atoms with van der Waals surface area (Å²) in [5.41, 5.74) is 0.575. The van der Waals surface area contributed by atoms with Crippen molar-refractivity contribution in [1.82, 2.24) is 10.0 Å². The second-order valence-electron chi connectivity index (χ2n) is 9.98. The molecule has 0 unspecified atom stereocenters. The van der Waals surface area contributed by atoms with Crippen molar-refractivity contribution in [3.05, 3.63) is 110 Å². The number of imide groups is 1. The minimum absolute atomic E-state index is 0.0500. The molecule has 1 aliphatic carbocycles. The highest BCUT2D eigenvalue weighted by molar-refractivity contribution is 9.10. The minimum atomic E-state index is -0.761. The van der Waals surface area contributed by atoms with Gasteiger partial charge in [-0.15, -0.1) is 0 Å². The molecule has 3 aromatic rings. The summed E-state index contributed by atoms with van der Waals surface area (Å²) in [7, 11) is 0. The van der Waals surface area contributed by atoms with Crippen LogP contribution in [0.5, 0.6) is 5.75 Å². The van der Waals surface area contributed by atoms with Crippen LogP contribution in [-0.4, -0.2) is 46.0 Å². The van der Waals surface area contributed by atoms with Crippen LogP contribution in [0.1, 0.15) is 44.4 Å². The van der Waals surface area contributed by atoms with Crippen molar-refractivity contribution in [3.63, 3.8) is 0 Å². The molecule has 1 aliphatic heterocycles. The zero-order valence-corrected chi connectivity index (χ0v) is 25.2. The molecule has 5 rings (SSSR count). The molecule has 0 bridgehead atoms. The summed E-state index contributed by atoms with van der Waals surface area (Å²) < 4.78 is 6.21. The van der Waals surface area contributed by atoms with Crippen LogP contribution in [0.2, 0.25) is 10.0 Å². The molecule has 42 heavy (non-hydrogen) atoms. The number of hydrogen-bond donors (Lipinski definition) is 0. The fourth-order valence-electron chi connectivity index (χ4n) is 5.07. The van der Waals surface area contributed by atoms with Gasteiger partial charge in [-0.25, -0.2) is 9.80 Å². The molecule has 3 atom stereocenters. The van der Waals surface area contributed by atoms with Gasteiger partial charge < -0.3 is 4.74 Å². The monoisotopic (exact) mass is 668 g/mol. The van der Waals surface area contributed by atoms with Crippen molar-refractivity contribution in [2.45, 2.75) is 13.3 Å². The molecular formula is C31H23BrCl2N2O6. The molecule has 0 spiro atoms. The van der Waals surface area contributed by atoms with Gasteiger partial charge >= 0.3 is 5.97 Å². The summed E-state index contributed by atoms with van der Waals surface area (Å²) in [6, 6.07) is 16.6. The van der Waals surface area contributed by atoms with Gasteiger partial charge in [-0.2, -0.15) is 5.01 Å². The van der Waals surface area contributed by atoms with Crippen LogP contribution in [-0.2, 0) is 9.59 Å². The van der Waals surface area contributed by atoms with Crippen LogP contribution < -0.4 is 4.74 Å². The number of carbonyl (C=O) groups excluding carboxylic acids is 5. The highest BCUT2D eigenvalue weighted by Gasteiger charge is 2.53. The summed E-state index contributed by atoms with van der Waals surface area (Å²) in [5.74, 6) is -4.24. The van der Waals surface area contributed by atoms with Crippen LogP contribution in [0.4, 0.5) is 0 Å². The van der Waals surface area contributed by atoms with E-state index in [2.05, 4.69) is 15.9 Å². The van der Waals surface area contributed by atoms with Crippen LogP contribution in [0.25, 0.3) is 0 Å². The molecule has 3 amide bonds. The number of ketones is 1. The first kappa shape index (κ1) is 29.7. The Morgan fingerprint density at radius 2 is 1.55 bits per heavy atom. The number of amides is 3. The predicted molar refractivity (Wildman–Crippen MR) is 159 cm³/mol.